The molecule has 1 N–H and O–H groups in total. The molecule has 0 bridgehead atoms. The van der Waals surface area contributed by atoms with Crippen LogP contribution in [0, 0.1) is 0 Å². The normalized spacial score (nSPS) is 12.1. The highest BCUT2D eigenvalue weighted by Gasteiger charge is 2.23. The first-order chi connectivity index (χ1) is 10.9. The predicted molar refractivity (Wildman–Crippen MR) is 102 cm³/mol. The molecule has 0 saturated heterocycles. The number of benzene rings is 2. The Morgan fingerprint density at radius 2 is 1.61 bits per heavy atom. The van der Waals surface area contributed by atoms with Crippen LogP contribution >= 0.6 is 0 Å². The molecule has 23 heavy (non-hydrogen) atoms. The third-order valence-corrected chi connectivity index (χ3v) is 4.71. The van der Waals surface area contributed by atoms with E-state index in [1.165, 1.54) is 16.5 Å². The molecular weight excluding hydrogens is 298 g/mol. The Kier molecular flexibility index (Phi) is 4.07. The van der Waals surface area contributed by atoms with Crippen LogP contribution in [-0.4, -0.2) is 14.0 Å². The molecule has 1 aromatic heterocycles. The van der Waals surface area contributed by atoms with Gasteiger partial charge in [0.15, 0.2) is 0 Å². The molecule has 2 nitrogen and oxygen atoms in total. The monoisotopic (exact) mass is 323 g/mol. The van der Waals surface area contributed by atoms with Gasteiger partial charge in [-0.2, -0.15) is 0 Å². The number of aromatic nitrogens is 1. The Balaban J connectivity index is 2.34. The van der Waals surface area contributed by atoms with Gasteiger partial charge < -0.3 is 9.41 Å². The zero-order valence-electron chi connectivity index (χ0n) is 14.6. The van der Waals surface area contributed by atoms with Crippen LogP contribution in [0.5, 0.6) is 5.75 Å². The van der Waals surface area contributed by atoms with E-state index in [-0.39, 0.29) is 5.41 Å². The van der Waals surface area contributed by atoms with Crippen molar-refractivity contribution in [2.24, 2.45) is 0 Å². The van der Waals surface area contributed by atoms with Gasteiger partial charge in [-0.25, -0.2) is 0 Å². The first-order valence-corrected chi connectivity index (χ1v) is 11.0. The molecule has 3 aromatic rings. The van der Waals surface area contributed by atoms with Crippen molar-refractivity contribution in [1.29, 1.82) is 0 Å². The van der Waals surface area contributed by atoms with E-state index in [2.05, 4.69) is 81.3 Å². The zero-order valence-corrected chi connectivity index (χ0v) is 15.8. The van der Waals surface area contributed by atoms with Gasteiger partial charge in [0.2, 0.25) is 9.04 Å². The summed E-state index contributed by atoms with van der Waals surface area (Å²) < 4.78 is 6.40. The minimum absolute atomic E-state index is 0.0757. The van der Waals surface area contributed by atoms with E-state index in [1.807, 2.05) is 6.07 Å². The number of rotatable bonds is 3. The number of aromatic amines is 1. The molecule has 3 heteroatoms. The lowest BCUT2D eigenvalue weighted by Gasteiger charge is -2.21. The number of hydrogen-bond acceptors (Lipinski definition) is 1. The maximum Gasteiger partial charge on any atom is 0.229 e. The molecule has 2 aromatic carbocycles. The molecule has 0 radical (unpaired) electrons. The molecule has 0 unspecified atom stereocenters. The molecular formula is C20H25NOSi. The molecule has 0 fully saturated rings. The minimum Gasteiger partial charge on any atom is -0.545 e. The lowest BCUT2D eigenvalue weighted by atomic mass is 9.84. The van der Waals surface area contributed by atoms with Gasteiger partial charge in [-0.1, -0.05) is 63.2 Å². The van der Waals surface area contributed by atoms with E-state index in [1.54, 1.807) is 0 Å². The Morgan fingerprint density at radius 3 is 2.22 bits per heavy atom. The number of hydrogen-bond donors (Lipinski definition) is 1. The van der Waals surface area contributed by atoms with E-state index in [9.17, 15) is 0 Å². The molecule has 0 amide bonds. The second-order valence-electron chi connectivity index (χ2n) is 7.34. The lowest BCUT2D eigenvalue weighted by molar-refractivity contribution is 0.576. The highest BCUT2D eigenvalue weighted by atomic mass is 28.3. The van der Waals surface area contributed by atoms with Crippen LogP contribution in [-0.2, 0) is 5.41 Å². The van der Waals surface area contributed by atoms with Crippen molar-refractivity contribution >= 4 is 19.9 Å². The third kappa shape index (κ3) is 3.06. The summed E-state index contributed by atoms with van der Waals surface area (Å²) in [5.74, 6) is 1.03. The van der Waals surface area contributed by atoms with Crippen LogP contribution in [0.2, 0.25) is 13.1 Å². The predicted octanol–water partition coefficient (Wildman–Crippen LogP) is 5.49. The Hall–Kier alpha value is -2.00. The van der Waals surface area contributed by atoms with Gasteiger partial charge in [-0.3, -0.25) is 0 Å². The summed E-state index contributed by atoms with van der Waals surface area (Å²) in [6, 6.07) is 17.0. The van der Waals surface area contributed by atoms with Gasteiger partial charge >= 0.3 is 0 Å². The number of nitrogens with one attached hydrogen (secondary N) is 1. The van der Waals surface area contributed by atoms with Crippen molar-refractivity contribution in [3.63, 3.8) is 0 Å². The van der Waals surface area contributed by atoms with Gasteiger partial charge in [0.05, 0.1) is 5.69 Å². The first kappa shape index (κ1) is 15.9. The summed E-state index contributed by atoms with van der Waals surface area (Å²) in [5.41, 5.74) is 4.83. The zero-order chi connectivity index (χ0) is 16.6. The van der Waals surface area contributed by atoms with Gasteiger partial charge in [0.1, 0.15) is 5.75 Å². The highest BCUT2D eigenvalue weighted by molar-refractivity contribution is 6.49. The average Bonchev–Trinajstić information content (AvgIpc) is 2.85. The van der Waals surface area contributed by atoms with Gasteiger partial charge in [0.25, 0.3) is 0 Å². The molecule has 0 spiro atoms. The highest BCUT2D eigenvalue weighted by Crippen LogP contribution is 2.42. The van der Waals surface area contributed by atoms with Gasteiger partial charge in [-0.15, -0.1) is 0 Å². The smallest absolute Gasteiger partial charge is 0.229 e. The van der Waals surface area contributed by atoms with Crippen LogP contribution in [0.15, 0.2) is 48.5 Å². The lowest BCUT2D eigenvalue weighted by Crippen LogP contribution is -2.14. The van der Waals surface area contributed by atoms with Gasteiger partial charge in [0, 0.05) is 16.5 Å². The quantitative estimate of drug-likeness (QED) is 0.633. The van der Waals surface area contributed by atoms with Crippen LogP contribution in [0.25, 0.3) is 22.2 Å². The second kappa shape index (κ2) is 5.89. The fourth-order valence-electron chi connectivity index (χ4n) is 3.00. The summed E-state index contributed by atoms with van der Waals surface area (Å²) >= 11 is 0. The molecule has 1 heterocycles. The summed E-state index contributed by atoms with van der Waals surface area (Å²) in [7, 11) is -1.22. The van der Waals surface area contributed by atoms with Crippen LogP contribution in [0.3, 0.4) is 0 Å². The standard InChI is InChI=1S/C20H25NOSi/c1-20(2,3)15-12-9-13-16-17(15)19(22-23(4)5)18(21-16)14-10-7-6-8-11-14/h6-13,21,23H,1-5H3. The van der Waals surface area contributed by atoms with Crippen molar-refractivity contribution in [2.45, 2.75) is 39.3 Å². The third-order valence-electron chi connectivity index (χ3n) is 4.00. The van der Waals surface area contributed by atoms with E-state index >= 15 is 0 Å². The fourth-order valence-corrected chi connectivity index (χ4v) is 3.71. The number of H-pyrrole nitrogens is 1. The maximum atomic E-state index is 6.40. The fraction of sp³-hybridized carbons (Fsp3) is 0.300. The van der Waals surface area contributed by atoms with Crippen molar-refractivity contribution in [3.8, 4) is 17.0 Å². The molecule has 120 valence electrons. The van der Waals surface area contributed by atoms with Gasteiger partial charge in [-0.05, 0) is 30.1 Å². The summed E-state index contributed by atoms with van der Waals surface area (Å²) in [4.78, 5) is 3.60. The van der Waals surface area contributed by atoms with Crippen LogP contribution < -0.4 is 4.43 Å². The van der Waals surface area contributed by atoms with Crippen molar-refractivity contribution in [3.05, 3.63) is 54.1 Å². The summed E-state index contributed by atoms with van der Waals surface area (Å²) in [6.45, 7) is 11.2. The van der Waals surface area contributed by atoms with E-state index in [4.69, 9.17) is 4.43 Å². The van der Waals surface area contributed by atoms with Crippen molar-refractivity contribution < 1.29 is 4.43 Å². The van der Waals surface area contributed by atoms with E-state index in [0.29, 0.717) is 0 Å². The second-order valence-corrected chi connectivity index (χ2v) is 9.67. The molecule has 0 saturated carbocycles. The number of fused-ring (bicyclic) bond motifs is 1. The van der Waals surface area contributed by atoms with E-state index < -0.39 is 9.04 Å². The Bertz CT molecular complexity index is 813. The van der Waals surface area contributed by atoms with Crippen molar-refractivity contribution in [1.82, 2.24) is 4.98 Å². The van der Waals surface area contributed by atoms with Crippen LogP contribution in [0.1, 0.15) is 26.3 Å². The minimum atomic E-state index is -1.22. The molecule has 0 atom stereocenters. The molecule has 0 aliphatic heterocycles. The first-order valence-electron chi connectivity index (χ1n) is 8.25. The summed E-state index contributed by atoms with van der Waals surface area (Å²) in [5, 5.41) is 1.24. The van der Waals surface area contributed by atoms with Crippen molar-refractivity contribution in [2.75, 3.05) is 0 Å². The summed E-state index contributed by atoms with van der Waals surface area (Å²) in [6.07, 6.45) is 0. The SMILES string of the molecule is C[SiH](C)Oc1c(-c2ccccc2)[nH]c2cccc(C(C)(C)C)c12. The average molecular weight is 324 g/mol. The Morgan fingerprint density at radius 1 is 0.913 bits per heavy atom. The van der Waals surface area contributed by atoms with E-state index in [0.717, 1.165) is 17.0 Å². The largest absolute Gasteiger partial charge is 0.545 e. The molecule has 0 aliphatic carbocycles. The topological polar surface area (TPSA) is 25.0 Å². The molecule has 3 rings (SSSR count). The van der Waals surface area contributed by atoms with Crippen LogP contribution in [0.4, 0.5) is 0 Å². The Labute approximate surface area is 140 Å². The maximum absolute atomic E-state index is 6.40. The molecule has 0 aliphatic rings.